The van der Waals surface area contributed by atoms with E-state index in [2.05, 4.69) is 45.0 Å². The van der Waals surface area contributed by atoms with Crippen molar-refractivity contribution in [3.63, 3.8) is 0 Å². The van der Waals surface area contributed by atoms with Crippen molar-refractivity contribution >= 4 is 0 Å². The lowest BCUT2D eigenvalue weighted by molar-refractivity contribution is 0.475. The summed E-state index contributed by atoms with van der Waals surface area (Å²) in [6, 6.07) is 12.4. The second-order valence-corrected chi connectivity index (χ2v) is 4.89. The van der Waals surface area contributed by atoms with E-state index in [1.165, 1.54) is 22.3 Å². The zero-order valence-electron chi connectivity index (χ0n) is 12.0. The number of hydrogen-bond donors (Lipinski definition) is 1. The number of hydrogen-bond acceptors (Lipinski definition) is 1. The Morgan fingerprint density at radius 1 is 0.895 bits per heavy atom. The second kappa shape index (κ2) is 5.92. The van der Waals surface area contributed by atoms with Gasteiger partial charge in [0.25, 0.3) is 0 Å². The highest BCUT2D eigenvalue weighted by Gasteiger charge is 2.09. The van der Waals surface area contributed by atoms with Crippen LogP contribution >= 0.6 is 0 Å². The van der Waals surface area contributed by atoms with E-state index < -0.39 is 0 Å². The van der Waals surface area contributed by atoms with Crippen LogP contribution < -0.4 is 0 Å². The van der Waals surface area contributed by atoms with Crippen LogP contribution in [0.15, 0.2) is 36.4 Å². The van der Waals surface area contributed by atoms with Crippen molar-refractivity contribution in [1.29, 1.82) is 0 Å². The molecule has 100 valence electrons. The van der Waals surface area contributed by atoms with Crippen molar-refractivity contribution in [2.24, 2.45) is 0 Å². The normalized spacial score (nSPS) is 10.7. The summed E-state index contributed by atoms with van der Waals surface area (Å²) < 4.78 is 0. The molecule has 0 heterocycles. The second-order valence-electron chi connectivity index (χ2n) is 4.89. The SMILES string of the molecule is CCc1cc(O)cc(-c2cccc(CC)c2CC)c1. The summed E-state index contributed by atoms with van der Waals surface area (Å²) in [5, 5.41) is 9.88. The summed E-state index contributed by atoms with van der Waals surface area (Å²) >= 11 is 0. The third kappa shape index (κ3) is 2.81. The average Bonchev–Trinajstić information content (AvgIpc) is 2.45. The molecule has 0 aliphatic rings. The Labute approximate surface area is 115 Å². The Morgan fingerprint density at radius 2 is 1.68 bits per heavy atom. The summed E-state index contributed by atoms with van der Waals surface area (Å²) in [6.07, 6.45) is 3.02. The van der Waals surface area contributed by atoms with Crippen LogP contribution in [0, 0.1) is 0 Å². The minimum absolute atomic E-state index is 0.360. The van der Waals surface area contributed by atoms with Gasteiger partial charge in [-0.05, 0) is 59.2 Å². The summed E-state index contributed by atoms with van der Waals surface area (Å²) in [4.78, 5) is 0. The van der Waals surface area contributed by atoms with Gasteiger partial charge < -0.3 is 5.11 Å². The Hall–Kier alpha value is -1.76. The van der Waals surface area contributed by atoms with E-state index in [0.29, 0.717) is 5.75 Å². The molecule has 2 aromatic rings. The van der Waals surface area contributed by atoms with E-state index in [9.17, 15) is 5.11 Å². The summed E-state index contributed by atoms with van der Waals surface area (Å²) in [7, 11) is 0. The highest BCUT2D eigenvalue weighted by molar-refractivity contribution is 5.71. The van der Waals surface area contributed by atoms with Gasteiger partial charge in [0.2, 0.25) is 0 Å². The van der Waals surface area contributed by atoms with E-state index in [1.807, 2.05) is 12.1 Å². The maximum Gasteiger partial charge on any atom is 0.116 e. The molecule has 0 aliphatic heterocycles. The number of aryl methyl sites for hydroxylation is 2. The monoisotopic (exact) mass is 254 g/mol. The molecule has 1 N–H and O–H groups in total. The molecule has 0 fully saturated rings. The van der Waals surface area contributed by atoms with Gasteiger partial charge in [-0.2, -0.15) is 0 Å². The first-order chi connectivity index (χ1) is 9.19. The van der Waals surface area contributed by atoms with Gasteiger partial charge in [-0.3, -0.25) is 0 Å². The van der Waals surface area contributed by atoms with E-state index in [4.69, 9.17) is 0 Å². The topological polar surface area (TPSA) is 20.2 Å². The fourth-order valence-electron chi connectivity index (χ4n) is 2.69. The molecular formula is C18H22O. The van der Waals surface area contributed by atoms with Crippen LogP contribution in [0.1, 0.15) is 37.5 Å². The van der Waals surface area contributed by atoms with E-state index in [-0.39, 0.29) is 0 Å². The Bertz CT molecular complexity index is 570. The molecule has 2 aromatic carbocycles. The van der Waals surface area contributed by atoms with Gasteiger partial charge in [-0.15, -0.1) is 0 Å². The molecule has 2 rings (SSSR count). The largest absolute Gasteiger partial charge is 0.508 e. The molecular weight excluding hydrogens is 232 g/mol. The molecule has 0 amide bonds. The standard InChI is InChI=1S/C18H22O/c1-4-13-10-15(12-16(19)11-13)18-9-7-8-14(5-2)17(18)6-3/h7-12,19H,4-6H2,1-3H3. The number of phenolic OH excluding ortho intramolecular Hbond substituents is 1. The van der Waals surface area contributed by atoms with Crippen LogP contribution in [-0.4, -0.2) is 5.11 Å². The molecule has 0 aliphatic carbocycles. The van der Waals surface area contributed by atoms with Gasteiger partial charge in [0, 0.05) is 0 Å². The maximum absolute atomic E-state index is 9.88. The van der Waals surface area contributed by atoms with Crippen molar-refractivity contribution in [1.82, 2.24) is 0 Å². The van der Waals surface area contributed by atoms with Gasteiger partial charge in [0.05, 0.1) is 0 Å². The lowest BCUT2D eigenvalue weighted by atomic mass is 9.91. The molecule has 0 spiro atoms. The lowest BCUT2D eigenvalue weighted by Crippen LogP contribution is -1.95. The first-order valence-corrected chi connectivity index (χ1v) is 7.13. The maximum atomic E-state index is 9.88. The summed E-state index contributed by atoms with van der Waals surface area (Å²) in [6.45, 7) is 6.50. The molecule has 0 saturated carbocycles. The fourth-order valence-corrected chi connectivity index (χ4v) is 2.69. The van der Waals surface area contributed by atoms with Crippen LogP contribution in [0.3, 0.4) is 0 Å². The Balaban J connectivity index is 2.61. The molecule has 0 aromatic heterocycles. The number of aromatic hydroxyl groups is 1. The van der Waals surface area contributed by atoms with Crippen molar-refractivity contribution < 1.29 is 5.11 Å². The van der Waals surface area contributed by atoms with Crippen molar-refractivity contribution in [2.45, 2.75) is 40.0 Å². The highest BCUT2D eigenvalue weighted by Crippen LogP contribution is 2.30. The van der Waals surface area contributed by atoms with Gasteiger partial charge in [0.15, 0.2) is 0 Å². The molecule has 1 nitrogen and oxygen atoms in total. The predicted molar refractivity (Wildman–Crippen MR) is 81.7 cm³/mol. The van der Waals surface area contributed by atoms with Crippen LogP contribution in [-0.2, 0) is 19.3 Å². The average molecular weight is 254 g/mol. The number of rotatable bonds is 4. The first kappa shape index (κ1) is 13.7. The minimum atomic E-state index is 0.360. The molecule has 0 atom stereocenters. The van der Waals surface area contributed by atoms with Gasteiger partial charge in [0.1, 0.15) is 5.75 Å². The van der Waals surface area contributed by atoms with Crippen molar-refractivity contribution in [3.8, 4) is 16.9 Å². The van der Waals surface area contributed by atoms with E-state index >= 15 is 0 Å². The zero-order valence-corrected chi connectivity index (χ0v) is 12.0. The minimum Gasteiger partial charge on any atom is -0.508 e. The zero-order chi connectivity index (χ0) is 13.8. The molecule has 0 saturated heterocycles. The summed E-state index contributed by atoms with van der Waals surface area (Å²) in [5.41, 5.74) is 6.37. The van der Waals surface area contributed by atoms with Gasteiger partial charge >= 0.3 is 0 Å². The van der Waals surface area contributed by atoms with E-state index in [0.717, 1.165) is 24.8 Å². The smallest absolute Gasteiger partial charge is 0.116 e. The third-order valence-electron chi connectivity index (χ3n) is 3.70. The lowest BCUT2D eigenvalue weighted by Gasteiger charge is -2.14. The molecule has 0 bridgehead atoms. The molecule has 0 unspecified atom stereocenters. The Kier molecular flexibility index (Phi) is 4.26. The highest BCUT2D eigenvalue weighted by atomic mass is 16.3. The van der Waals surface area contributed by atoms with Gasteiger partial charge in [-0.1, -0.05) is 45.0 Å². The van der Waals surface area contributed by atoms with Crippen molar-refractivity contribution in [2.75, 3.05) is 0 Å². The first-order valence-electron chi connectivity index (χ1n) is 7.13. The predicted octanol–water partition coefficient (Wildman–Crippen LogP) is 4.75. The molecule has 1 heteroatoms. The number of phenols is 1. The van der Waals surface area contributed by atoms with Crippen LogP contribution in [0.2, 0.25) is 0 Å². The Morgan fingerprint density at radius 3 is 2.32 bits per heavy atom. The van der Waals surface area contributed by atoms with Crippen LogP contribution in [0.4, 0.5) is 0 Å². The van der Waals surface area contributed by atoms with Gasteiger partial charge in [-0.25, -0.2) is 0 Å². The third-order valence-corrected chi connectivity index (χ3v) is 3.70. The quantitative estimate of drug-likeness (QED) is 0.835. The van der Waals surface area contributed by atoms with Crippen molar-refractivity contribution in [3.05, 3.63) is 53.1 Å². The molecule has 0 radical (unpaired) electrons. The summed E-state index contributed by atoms with van der Waals surface area (Å²) in [5.74, 6) is 0.360. The fraction of sp³-hybridized carbons (Fsp3) is 0.333. The number of benzene rings is 2. The van der Waals surface area contributed by atoms with Crippen LogP contribution in [0.5, 0.6) is 5.75 Å². The molecule has 19 heavy (non-hydrogen) atoms. The van der Waals surface area contributed by atoms with Crippen LogP contribution in [0.25, 0.3) is 11.1 Å². The van der Waals surface area contributed by atoms with E-state index in [1.54, 1.807) is 0 Å².